The maximum atomic E-state index is 9.36. The zero-order valence-corrected chi connectivity index (χ0v) is 12.1. The molecule has 0 spiro atoms. The Labute approximate surface area is 124 Å². The molecule has 1 aromatic heterocycles. The molecule has 0 atom stereocenters. The van der Waals surface area contributed by atoms with Crippen molar-refractivity contribution in [2.75, 3.05) is 12.8 Å². The Kier molecular flexibility index (Phi) is 3.88. The summed E-state index contributed by atoms with van der Waals surface area (Å²) < 4.78 is 5.83. The van der Waals surface area contributed by atoms with Gasteiger partial charge in [-0.25, -0.2) is 0 Å². The zero-order valence-electron chi connectivity index (χ0n) is 10.5. The number of hydrogen-bond acceptors (Lipinski definition) is 5. The molecule has 0 fully saturated rings. The summed E-state index contributed by atoms with van der Waals surface area (Å²) in [5.74, 6) is 0.142. The minimum atomic E-state index is 0.0362. The van der Waals surface area contributed by atoms with Crippen LogP contribution in [0.1, 0.15) is 11.1 Å². The summed E-state index contributed by atoms with van der Waals surface area (Å²) in [5.41, 5.74) is 7.24. The molecule has 5 nitrogen and oxygen atoms in total. The second-order valence-electron chi connectivity index (χ2n) is 3.83. The van der Waals surface area contributed by atoms with Gasteiger partial charge in [0.2, 0.25) is 5.88 Å². The van der Waals surface area contributed by atoms with Crippen molar-refractivity contribution < 1.29 is 4.74 Å². The molecular formula is C14H9BrN4O. The van der Waals surface area contributed by atoms with Gasteiger partial charge in [0.15, 0.2) is 0 Å². The van der Waals surface area contributed by atoms with Crippen molar-refractivity contribution in [3.8, 4) is 29.1 Å². The largest absolute Gasteiger partial charge is 0.480 e. The van der Waals surface area contributed by atoms with Crippen molar-refractivity contribution in [2.45, 2.75) is 0 Å². The first kappa shape index (κ1) is 13.9. The van der Waals surface area contributed by atoms with Crippen molar-refractivity contribution in [1.82, 2.24) is 4.98 Å². The Morgan fingerprint density at radius 3 is 2.40 bits per heavy atom. The van der Waals surface area contributed by atoms with Crippen molar-refractivity contribution in [3.05, 3.63) is 39.9 Å². The maximum absolute atomic E-state index is 9.36. The van der Waals surface area contributed by atoms with Gasteiger partial charge in [-0.15, -0.1) is 0 Å². The quantitative estimate of drug-likeness (QED) is 0.914. The first-order chi connectivity index (χ1) is 9.63. The lowest BCUT2D eigenvalue weighted by atomic mass is 9.96. The van der Waals surface area contributed by atoms with Gasteiger partial charge in [-0.05, 0) is 11.6 Å². The van der Waals surface area contributed by atoms with E-state index in [1.54, 1.807) is 6.07 Å². The van der Waals surface area contributed by atoms with Gasteiger partial charge >= 0.3 is 0 Å². The third-order valence-electron chi connectivity index (χ3n) is 2.75. The molecule has 0 amide bonds. The molecule has 2 N–H and O–H groups in total. The van der Waals surface area contributed by atoms with E-state index in [1.807, 2.05) is 30.3 Å². The number of methoxy groups -OCH3 is 1. The molecule has 0 saturated heterocycles. The average molecular weight is 329 g/mol. The van der Waals surface area contributed by atoms with Crippen molar-refractivity contribution >= 4 is 21.7 Å². The van der Waals surface area contributed by atoms with Gasteiger partial charge in [0.25, 0.3) is 0 Å². The van der Waals surface area contributed by atoms with E-state index in [0.717, 1.165) is 4.47 Å². The molecule has 98 valence electrons. The Morgan fingerprint density at radius 1 is 1.20 bits per heavy atom. The number of nitrogens with zero attached hydrogens (tertiary/aromatic N) is 3. The number of ether oxygens (including phenoxy) is 1. The number of rotatable bonds is 2. The number of aromatic nitrogens is 1. The number of halogens is 1. The first-order valence-electron chi connectivity index (χ1n) is 5.56. The third-order valence-corrected chi connectivity index (χ3v) is 3.44. The molecule has 1 aromatic carbocycles. The van der Waals surface area contributed by atoms with Crippen molar-refractivity contribution in [2.24, 2.45) is 0 Å². The first-order valence-corrected chi connectivity index (χ1v) is 6.35. The Hall–Kier alpha value is -2.57. The number of nitrogen functional groups attached to an aromatic ring is 1. The second kappa shape index (κ2) is 5.60. The van der Waals surface area contributed by atoms with Crippen LogP contribution in [0.2, 0.25) is 0 Å². The van der Waals surface area contributed by atoms with Crippen LogP contribution in [0, 0.1) is 22.7 Å². The standard InChI is InChI=1S/C14H9BrN4O/c1-20-14-10(7-17)12(9(6-16)13(18)19-14)8-4-2-3-5-11(8)15/h2-5H,1H3,(H2,18,19). The molecule has 0 radical (unpaired) electrons. The second-order valence-corrected chi connectivity index (χ2v) is 4.69. The Bertz CT molecular complexity index is 759. The van der Waals surface area contributed by atoms with E-state index in [1.165, 1.54) is 7.11 Å². The van der Waals surface area contributed by atoms with E-state index in [9.17, 15) is 10.5 Å². The fraction of sp³-hybridized carbons (Fsp3) is 0.0714. The summed E-state index contributed by atoms with van der Waals surface area (Å²) in [7, 11) is 1.40. The molecular weight excluding hydrogens is 320 g/mol. The van der Waals surface area contributed by atoms with E-state index < -0.39 is 0 Å². The predicted octanol–water partition coefficient (Wildman–Crippen LogP) is 2.85. The predicted molar refractivity (Wildman–Crippen MR) is 77.8 cm³/mol. The molecule has 2 rings (SSSR count). The molecule has 0 aliphatic heterocycles. The van der Waals surface area contributed by atoms with Crippen LogP contribution in [-0.2, 0) is 0 Å². The Morgan fingerprint density at radius 2 is 1.85 bits per heavy atom. The summed E-state index contributed by atoms with van der Waals surface area (Å²) in [5, 5.41) is 18.7. The number of nitrogens with two attached hydrogens (primary N) is 1. The summed E-state index contributed by atoms with van der Waals surface area (Å²) in [6.07, 6.45) is 0. The number of nitriles is 2. The van der Waals surface area contributed by atoms with Crippen LogP contribution >= 0.6 is 15.9 Å². The zero-order chi connectivity index (χ0) is 14.7. The molecule has 20 heavy (non-hydrogen) atoms. The van der Waals surface area contributed by atoms with Gasteiger partial charge in [-0.2, -0.15) is 15.5 Å². The van der Waals surface area contributed by atoms with Gasteiger partial charge in [0.1, 0.15) is 29.1 Å². The van der Waals surface area contributed by atoms with Crippen LogP contribution in [0.15, 0.2) is 28.7 Å². The fourth-order valence-corrected chi connectivity index (χ4v) is 2.36. The van der Waals surface area contributed by atoms with Gasteiger partial charge < -0.3 is 10.5 Å². The van der Waals surface area contributed by atoms with Crippen molar-refractivity contribution in [1.29, 1.82) is 10.5 Å². The highest BCUT2D eigenvalue weighted by atomic mass is 79.9. The average Bonchev–Trinajstić information content (AvgIpc) is 2.46. The highest BCUT2D eigenvalue weighted by molar-refractivity contribution is 9.10. The molecule has 0 bridgehead atoms. The number of pyridine rings is 1. The lowest BCUT2D eigenvalue weighted by molar-refractivity contribution is 0.397. The molecule has 0 unspecified atom stereocenters. The van der Waals surface area contributed by atoms with Crippen LogP contribution < -0.4 is 10.5 Å². The van der Waals surface area contributed by atoms with Crippen molar-refractivity contribution in [3.63, 3.8) is 0 Å². The van der Waals surface area contributed by atoms with Crippen LogP contribution in [0.5, 0.6) is 5.88 Å². The maximum Gasteiger partial charge on any atom is 0.234 e. The molecule has 0 saturated carbocycles. The number of anilines is 1. The van der Waals surface area contributed by atoms with Gasteiger partial charge in [-0.3, -0.25) is 0 Å². The Balaban J connectivity index is 2.94. The van der Waals surface area contributed by atoms with Gasteiger partial charge in [0.05, 0.1) is 7.11 Å². The lowest BCUT2D eigenvalue weighted by Gasteiger charge is -2.13. The normalized spacial score (nSPS) is 9.60. The summed E-state index contributed by atoms with van der Waals surface area (Å²) in [4.78, 5) is 3.94. The van der Waals surface area contributed by atoms with Crippen LogP contribution in [0.3, 0.4) is 0 Å². The van der Waals surface area contributed by atoms with E-state index in [2.05, 4.69) is 20.9 Å². The van der Waals surface area contributed by atoms with Crippen LogP contribution in [0.25, 0.3) is 11.1 Å². The smallest absolute Gasteiger partial charge is 0.234 e. The topological polar surface area (TPSA) is 95.7 Å². The van der Waals surface area contributed by atoms with E-state index >= 15 is 0 Å². The minimum absolute atomic E-state index is 0.0362. The van der Waals surface area contributed by atoms with Crippen LogP contribution in [0.4, 0.5) is 5.82 Å². The molecule has 6 heteroatoms. The minimum Gasteiger partial charge on any atom is -0.480 e. The summed E-state index contributed by atoms with van der Waals surface area (Å²) in [6.45, 7) is 0. The molecule has 0 aliphatic carbocycles. The van der Waals surface area contributed by atoms with E-state index in [4.69, 9.17) is 10.5 Å². The summed E-state index contributed by atoms with van der Waals surface area (Å²) >= 11 is 3.41. The fourth-order valence-electron chi connectivity index (χ4n) is 1.88. The highest BCUT2D eigenvalue weighted by Gasteiger charge is 2.21. The highest BCUT2D eigenvalue weighted by Crippen LogP contribution is 2.38. The molecule has 0 aliphatic rings. The number of benzene rings is 1. The van der Waals surface area contributed by atoms with Gasteiger partial charge in [0, 0.05) is 10.0 Å². The van der Waals surface area contributed by atoms with E-state index in [0.29, 0.717) is 11.1 Å². The molecule has 1 heterocycles. The third kappa shape index (κ3) is 2.18. The monoisotopic (exact) mass is 328 g/mol. The van der Waals surface area contributed by atoms with E-state index in [-0.39, 0.29) is 22.8 Å². The lowest BCUT2D eigenvalue weighted by Crippen LogP contribution is -2.04. The van der Waals surface area contributed by atoms with Crippen LogP contribution in [-0.4, -0.2) is 12.1 Å². The number of hydrogen-bond donors (Lipinski definition) is 1. The van der Waals surface area contributed by atoms with Gasteiger partial charge in [-0.1, -0.05) is 34.1 Å². The summed E-state index contributed by atoms with van der Waals surface area (Å²) in [6, 6.07) is 11.3. The molecule has 2 aromatic rings. The SMILES string of the molecule is COc1nc(N)c(C#N)c(-c2ccccc2Br)c1C#N.